The van der Waals surface area contributed by atoms with Crippen molar-refractivity contribution in [1.29, 1.82) is 0 Å². The van der Waals surface area contributed by atoms with E-state index in [9.17, 15) is 5.53 Å². The van der Waals surface area contributed by atoms with Gasteiger partial charge in [-0.05, 0) is 97.1 Å². The van der Waals surface area contributed by atoms with Crippen LogP contribution in [0.5, 0.6) is 0 Å². The van der Waals surface area contributed by atoms with E-state index in [0.717, 1.165) is 43.5 Å². The maximum absolute atomic E-state index is 12.7. The molecule has 0 spiro atoms. The molecular formula is C72H130N2NiSi2. The van der Waals surface area contributed by atoms with Crippen LogP contribution in [-0.4, -0.2) is 20.8 Å². The molecule has 0 unspecified atom stereocenters. The van der Waals surface area contributed by atoms with Crippen LogP contribution in [0.2, 0.25) is 47.0 Å². The predicted octanol–water partition coefficient (Wildman–Crippen LogP) is 25.6. The first kappa shape index (κ1) is 71.6. The number of rotatable bonds is 49. The van der Waals surface area contributed by atoms with Crippen LogP contribution >= 0.6 is 0 Å². The van der Waals surface area contributed by atoms with Crippen molar-refractivity contribution in [2.75, 3.05) is 0 Å². The molecule has 0 saturated carbocycles. The third kappa shape index (κ3) is 29.8. The van der Waals surface area contributed by atoms with E-state index in [1.807, 2.05) is 14.4 Å². The summed E-state index contributed by atoms with van der Waals surface area (Å²) in [6, 6.07) is 25.7. The number of benzene rings is 2. The molecule has 0 amide bonds. The van der Waals surface area contributed by atoms with Crippen molar-refractivity contribution in [3.63, 3.8) is 0 Å². The van der Waals surface area contributed by atoms with Crippen LogP contribution in [0.3, 0.4) is 0 Å². The molecule has 0 aliphatic carbocycles. The molecule has 2 nitrogen and oxygen atoms in total. The quantitative estimate of drug-likeness (QED) is 0.0358. The van der Waals surface area contributed by atoms with Crippen molar-refractivity contribution in [1.82, 2.24) is 0 Å². The van der Waals surface area contributed by atoms with Gasteiger partial charge >= 0.3 is 39.1 Å². The summed E-state index contributed by atoms with van der Waals surface area (Å²) in [4.78, 5) is 0. The van der Waals surface area contributed by atoms with Gasteiger partial charge in [0.25, 0.3) is 0 Å². The molecule has 0 N–H and O–H groups in total. The van der Waals surface area contributed by atoms with Crippen LogP contribution in [0.1, 0.15) is 321 Å². The summed E-state index contributed by atoms with van der Waals surface area (Å²) in [5, 5.41) is 2.56. The third-order valence-corrected chi connectivity index (χ3v) is 30.9. The Morgan fingerprint density at radius 2 is 0.636 bits per heavy atom. The van der Waals surface area contributed by atoms with E-state index in [1.165, 1.54) is 291 Å². The molecule has 1 heterocycles. The summed E-state index contributed by atoms with van der Waals surface area (Å²) in [5.41, 5.74) is 24.6. The number of aryl methyl sites for hydroxylation is 2. The Balaban J connectivity index is 0.00000386. The fraction of sp³-hybridized carbons (Fsp3) is 0.778. The first-order chi connectivity index (χ1) is 37.6. The van der Waals surface area contributed by atoms with Crippen molar-refractivity contribution in [2.24, 2.45) is 0 Å². The molecule has 1 aliphatic heterocycles. The molecule has 2 aromatic rings. The average Bonchev–Trinajstić information content (AvgIpc) is 3.79. The third-order valence-electron chi connectivity index (χ3n) is 18.6. The van der Waals surface area contributed by atoms with Crippen molar-refractivity contribution >= 4 is 27.5 Å². The second kappa shape index (κ2) is 46.0. The van der Waals surface area contributed by atoms with Crippen LogP contribution < -0.4 is 0 Å². The minimum absolute atomic E-state index is 1.00. The number of hydrogen-bond acceptors (Lipinski definition) is 0. The van der Waals surface area contributed by atoms with E-state index >= 15 is 0 Å². The fourth-order valence-electron chi connectivity index (χ4n) is 12.6. The molecule has 0 radical (unpaired) electrons. The zero-order valence-electron chi connectivity index (χ0n) is 53.6. The molecule has 2 aromatic carbocycles. The van der Waals surface area contributed by atoms with E-state index in [1.54, 1.807) is 4.70 Å². The second-order valence-electron chi connectivity index (χ2n) is 24.4. The van der Waals surface area contributed by atoms with Crippen molar-refractivity contribution in [3.8, 4) is 0 Å². The number of unbranched alkanes of at least 4 members (excludes halogenated alkanes) is 29. The van der Waals surface area contributed by atoms with E-state index in [0.29, 0.717) is 0 Å². The average molecular weight is 1140 g/mol. The zero-order valence-corrected chi connectivity index (χ0v) is 56.6. The van der Waals surface area contributed by atoms with Gasteiger partial charge in [-0.2, -0.15) is 0 Å². The Labute approximate surface area is 490 Å². The van der Waals surface area contributed by atoms with E-state index < -0.39 is 16.1 Å². The molecule has 0 aromatic heterocycles. The van der Waals surface area contributed by atoms with E-state index in [-0.39, 0.29) is 0 Å². The SMILES string of the molecule is CCCCCCCCCCCCCCCCCc1cc(C[Si](CC)(CC)CC)cc(C2=CC(CCCC)=C(c3cc(CCCCCCCCCCCCCCCCC)cc(C[Si](CC)(CC)CC)c3)[N+]2=[N-])c1.C[CH2][Ni][CH2]C. The molecular weight excluding hydrogens is 1010 g/mol. The summed E-state index contributed by atoms with van der Waals surface area (Å²) < 4.78 is 1.66. The minimum atomic E-state index is -1.42. The van der Waals surface area contributed by atoms with Gasteiger partial charge in [-0.15, -0.1) is 0 Å². The van der Waals surface area contributed by atoms with Gasteiger partial charge in [0.2, 0.25) is 11.4 Å². The molecule has 1 aliphatic rings. The Morgan fingerprint density at radius 3 is 0.948 bits per heavy atom. The van der Waals surface area contributed by atoms with Gasteiger partial charge in [0.1, 0.15) is 0 Å². The molecule has 0 fully saturated rings. The fourth-order valence-corrected chi connectivity index (χ4v) is 19.7. The summed E-state index contributed by atoms with van der Waals surface area (Å²) in [5.74, 6) is 0. The Morgan fingerprint density at radius 1 is 0.338 bits per heavy atom. The first-order valence-electron chi connectivity index (χ1n) is 34.3. The topological polar surface area (TPSA) is 25.3 Å². The molecule has 446 valence electrons. The monoisotopic (exact) mass is 1140 g/mol. The summed E-state index contributed by atoms with van der Waals surface area (Å²) in [6.07, 6.45) is 50.1. The number of hydrogen-bond donors (Lipinski definition) is 0. The maximum atomic E-state index is 12.7. The molecule has 77 heavy (non-hydrogen) atoms. The van der Waals surface area contributed by atoms with Gasteiger partial charge in [-0.25, -0.2) is 4.70 Å². The first-order valence-corrected chi connectivity index (χ1v) is 41.3. The van der Waals surface area contributed by atoms with Crippen molar-refractivity contribution in [3.05, 3.63) is 87.0 Å². The van der Waals surface area contributed by atoms with E-state index in [2.05, 4.69) is 119 Å². The van der Waals surface area contributed by atoms with Gasteiger partial charge in [-0.1, -0.05) is 297 Å². The Kier molecular flexibility index (Phi) is 42.7. The molecule has 5 heteroatoms. The van der Waals surface area contributed by atoms with Crippen LogP contribution in [0, 0.1) is 0 Å². The van der Waals surface area contributed by atoms with Gasteiger partial charge in [0.05, 0.1) is 16.1 Å². The molecule has 3 rings (SSSR count). The van der Waals surface area contributed by atoms with Gasteiger partial charge in [0, 0.05) is 22.8 Å². The predicted molar refractivity (Wildman–Crippen MR) is 351 cm³/mol. The number of nitrogens with zero attached hydrogens (tertiary/aromatic N) is 2. The number of allylic oxidation sites excluding steroid dienone is 2. The van der Waals surface area contributed by atoms with Gasteiger partial charge in [0.15, 0.2) is 0 Å². The molecule has 0 atom stereocenters. The normalized spacial score (nSPS) is 13.0. The van der Waals surface area contributed by atoms with Crippen LogP contribution in [0.15, 0.2) is 48.0 Å². The molecule has 0 saturated heterocycles. The van der Waals surface area contributed by atoms with Crippen LogP contribution in [-0.2, 0) is 39.4 Å². The second-order valence-corrected chi connectivity index (χ2v) is 37.2. The summed E-state index contributed by atoms with van der Waals surface area (Å²) in [6.45, 7) is 26.1. The van der Waals surface area contributed by atoms with Crippen LogP contribution in [0.25, 0.3) is 16.9 Å². The summed E-state index contributed by atoms with van der Waals surface area (Å²) in [7, 11) is -2.83. The Bertz CT molecular complexity index is 1820. The van der Waals surface area contributed by atoms with Crippen LogP contribution in [0.4, 0.5) is 0 Å². The van der Waals surface area contributed by atoms with Crippen molar-refractivity contribution < 1.29 is 19.1 Å². The standard InChI is InChI=1S/C68H120N2Si2.2C2H5.Ni/c1-10-19-22-24-26-28-30-32-34-36-38-40-42-44-46-48-60-51-62(58-71(13-4,14-5)15-6)55-65(53-60)67-57-64(50-21-12-3)68(70(67)69)66-54-61(52-63(56-66)59-72(16-7,17-8)18-9)49-47-45-43-41-39-37-35-33-31-29-27-25-23-20-11-2;2*1-2;/h51-57H,10-50,58-59H2,1-9H3;2*1H2,2H3;. The Hall–Kier alpha value is -1.55. The van der Waals surface area contributed by atoms with Gasteiger partial charge < -0.3 is 5.53 Å². The van der Waals surface area contributed by atoms with Gasteiger partial charge in [-0.3, -0.25) is 0 Å². The zero-order chi connectivity index (χ0) is 56.3. The van der Waals surface area contributed by atoms with E-state index in [4.69, 9.17) is 0 Å². The van der Waals surface area contributed by atoms with Crippen molar-refractivity contribution in [2.45, 2.75) is 360 Å². The molecule has 0 bridgehead atoms. The summed E-state index contributed by atoms with van der Waals surface area (Å²) >= 11 is 1.82.